The third-order valence-electron chi connectivity index (χ3n) is 0. The molecule has 167 valence electrons. The summed E-state index contributed by atoms with van der Waals surface area (Å²) in [5.74, 6) is 0. The van der Waals surface area contributed by atoms with Crippen molar-refractivity contribution in [3.05, 3.63) is 0 Å². The largest absolute Gasteiger partial charge is 1.00 e. The second-order valence-electron chi connectivity index (χ2n) is 6.32. The molecule has 1 nitrogen and oxygen atoms in total. The average molecular weight is 567 g/mol. The minimum absolute atomic E-state index is 0. The zero-order chi connectivity index (χ0) is 20.7. The van der Waals surface area contributed by atoms with Crippen LogP contribution in [-0.2, 0) is 19.5 Å². The van der Waals surface area contributed by atoms with E-state index in [0.717, 1.165) is 0 Å². The molecule has 0 aromatic carbocycles. The molecule has 0 aliphatic carbocycles. The molecule has 0 saturated heterocycles. The maximum atomic E-state index is 9.87. The molecule has 0 unspecified atom stereocenters. The van der Waals surface area contributed by atoms with Crippen LogP contribution in [0, 0.1) is 0 Å². The topological polar surface area (TPSA) is 35.0 Å². The van der Waals surface area contributed by atoms with Gasteiger partial charge >= 0.3 is 52.5 Å². The molecule has 1 radical (unpaired) electrons. The van der Waals surface area contributed by atoms with Gasteiger partial charge in [0.05, 0.1) is 0 Å². The van der Waals surface area contributed by atoms with Gasteiger partial charge in [-0.25, -0.2) is 0 Å². The van der Waals surface area contributed by atoms with E-state index in [-0.39, 0.29) is 25.6 Å². The Labute approximate surface area is 170 Å². The molecule has 0 aliphatic rings. The first kappa shape index (κ1) is 45.8. The third-order valence-corrected chi connectivity index (χ3v) is 0. The van der Waals surface area contributed by atoms with Crippen molar-refractivity contribution in [2.24, 2.45) is 0 Å². The van der Waals surface area contributed by atoms with Crippen LogP contribution in [-0.4, -0.2) is 80.0 Å². The second-order valence-corrected chi connectivity index (χ2v) is 19.0. The maximum absolute atomic E-state index is 10.7. The van der Waals surface area contributed by atoms with E-state index >= 15 is 0 Å². The molecule has 25 heavy (non-hydrogen) atoms. The van der Waals surface area contributed by atoms with Gasteiger partial charge in [0.25, 0.3) is 0 Å². The summed E-state index contributed by atoms with van der Waals surface area (Å²) in [6.45, 7) is 26.8. The standard InChI is InChI=1S/4C3H9P.F6P.H3N.Ru/c4*1-4(2)3;1-7(2,3,4,5)6;;/h4*1-3H3;;1H3;/q;;;;-1;;+1. The SMILES string of the molecule is CP(C)C.CP(C)C.CP(C)C.CP(C)C.F[P-](F)(F)(F)(F)F.N.[Ru+]. The van der Waals surface area contributed by atoms with Crippen molar-refractivity contribution in [3.63, 3.8) is 0 Å². The Hall–Kier alpha value is 2.31. The summed E-state index contributed by atoms with van der Waals surface area (Å²) >= 11 is 0. The van der Waals surface area contributed by atoms with Gasteiger partial charge in [-0.3, -0.25) is 0 Å². The zero-order valence-corrected chi connectivity index (χ0v) is 23.8. The van der Waals surface area contributed by atoms with Crippen LogP contribution in [0.25, 0.3) is 0 Å². The van der Waals surface area contributed by atoms with Crippen molar-refractivity contribution < 1.29 is 44.7 Å². The van der Waals surface area contributed by atoms with E-state index in [1.54, 1.807) is 0 Å². The average Bonchev–Trinajstić information content (AvgIpc) is 1.88. The van der Waals surface area contributed by atoms with E-state index in [0.29, 0.717) is 31.7 Å². The van der Waals surface area contributed by atoms with Crippen LogP contribution in [0.4, 0.5) is 25.2 Å². The van der Waals surface area contributed by atoms with Gasteiger partial charge in [-0.15, -0.1) is 31.7 Å². The summed E-state index contributed by atoms with van der Waals surface area (Å²) in [6.07, 6.45) is 0. The van der Waals surface area contributed by atoms with Gasteiger partial charge in [-0.05, 0) is 80.0 Å². The van der Waals surface area contributed by atoms with E-state index in [2.05, 4.69) is 80.0 Å². The fraction of sp³-hybridized carbons (Fsp3) is 1.00. The van der Waals surface area contributed by atoms with Gasteiger partial charge in [-0.1, -0.05) is 0 Å². The molecule has 13 heteroatoms. The van der Waals surface area contributed by atoms with Crippen molar-refractivity contribution in [1.29, 1.82) is 0 Å². The van der Waals surface area contributed by atoms with Crippen LogP contribution in [0.1, 0.15) is 0 Å². The molecule has 3 N–H and O–H groups in total. The molecule has 0 spiro atoms. The molecular formula is C12H39F6NP5Ru. The minimum Gasteiger partial charge on any atom is -0.344 e. The number of hydrogen-bond donors (Lipinski definition) is 1. The Morgan fingerprint density at radius 3 is 0.400 bits per heavy atom. The fourth-order valence-electron chi connectivity index (χ4n) is 0. The van der Waals surface area contributed by atoms with Crippen molar-refractivity contribution in [2.45, 2.75) is 0 Å². The third kappa shape index (κ3) is 2910. The summed E-state index contributed by atoms with van der Waals surface area (Å²) in [4.78, 5) is 0. The predicted molar refractivity (Wildman–Crippen MR) is 117 cm³/mol. The van der Waals surface area contributed by atoms with Crippen molar-refractivity contribution in [2.75, 3.05) is 80.0 Å². The summed E-state index contributed by atoms with van der Waals surface area (Å²) < 4.78 is 59.2. The quantitative estimate of drug-likeness (QED) is 0.177. The molecule has 0 bridgehead atoms. The Morgan fingerprint density at radius 2 is 0.400 bits per heavy atom. The van der Waals surface area contributed by atoms with Gasteiger partial charge in [0.2, 0.25) is 0 Å². The van der Waals surface area contributed by atoms with Crippen LogP contribution < -0.4 is 6.15 Å². The molecule has 0 rings (SSSR count). The van der Waals surface area contributed by atoms with E-state index in [1.807, 2.05) is 0 Å². The smallest absolute Gasteiger partial charge is 0.344 e. The van der Waals surface area contributed by atoms with E-state index in [4.69, 9.17) is 0 Å². The van der Waals surface area contributed by atoms with Crippen LogP contribution in [0.2, 0.25) is 0 Å². The molecule has 0 heterocycles. The molecule has 0 atom stereocenters. The molecule has 0 aliphatic heterocycles. The van der Waals surface area contributed by atoms with Gasteiger partial charge in [-0.2, -0.15) is 0 Å². The number of hydrogen-bond acceptors (Lipinski definition) is 1. The van der Waals surface area contributed by atoms with Gasteiger partial charge in [0, 0.05) is 0 Å². The monoisotopic (exact) mass is 568 g/mol. The Kier molecular flexibility index (Phi) is 36.0. The second kappa shape index (κ2) is 19.6. The summed E-state index contributed by atoms with van der Waals surface area (Å²) in [5, 5.41) is 0. The van der Waals surface area contributed by atoms with E-state index in [9.17, 15) is 25.2 Å². The van der Waals surface area contributed by atoms with Crippen molar-refractivity contribution in [3.8, 4) is 0 Å². The predicted octanol–water partition coefficient (Wildman–Crippen LogP) is 8.97. The minimum atomic E-state index is -10.7. The number of rotatable bonds is 0. The summed E-state index contributed by atoms with van der Waals surface area (Å²) in [5.41, 5.74) is 0. The molecule has 0 saturated carbocycles. The Morgan fingerprint density at radius 1 is 0.400 bits per heavy atom. The Bertz CT molecular complexity index is 201. The van der Waals surface area contributed by atoms with Crippen molar-refractivity contribution in [1.82, 2.24) is 6.15 Å². The maximum Gasteiger partial charge on any atom is 1.00 e. The number of halogens is 6. The first-order valence-corrected chi connectivity index (χ1v) is 19.1. The first-order chi connectivity index (χ1) is 9.38. The van der Waals surface area contributed by atoms with Crippen LogP contribution >= 0.6 is 39.5 Å². The van der Waals surface area contributed by atoms with Gasteiger partial charge in [0.1, 0.15) is 0 Å². The first-order valence-electron chi connectivity index (χ1n) is 6.38. The van der Waals surface area contributed by atoms with Crippen molar-refractivity contribution >= 4 is 39.5 Å². The summed E-state index contributed by atoms with van der Waals surface area (Å²) in [6, 6.07) is 0. The van der Waals surface area contributed by atoms with Gasteiger partial charge in [0.15, 0.2) is 0 Å². The molecule has 0 aromatic rings. The fourth-order valence-corrected chi connectivity index (χ4v) is 0. The molecule has 0 amide bonds. The summed E-state index contributed by atoms with van der Waals surface area (Å²) in [7, 11) is -9.14. The van der Waals surface area contributed by atoms with Crippen LogP contribution in [0.3, 0.4) is 0 Å². The Balaban J connectivity index is -0.0000000326. The zero-order valence-electron chi connectivity index (χ0n) is 17.6. The molecule has 0 aromatic heterocycles. The normalized spacial score (nSPS) is 12.2. The van der Waals surface area contributed by atoms with Crippen LogP contribution in [0.15, 0.2) is 0 Å². The molecule has 0 fully saturated rings. The molecular weight excluding hydrogens is 528 g/mol. The van der Waals surface area contributed by atoms with Gasteiger partial charge < -0.3 is 6.15 Å². The van der Waals surface area contributed by atoms with Crippen LogP contribution in [0.5, 0.6) is 0 Å². The van der Waals surface area contributed by atoms with E-state index < -0.39 is 7.81 Å². The van der Waals surface area contributed by atoms with E-state index in [1.165, 1.54) is 0 Å².